The Morgan fingerprint density at radius 2 is 1.82 bits per heavy atom. The molecule has 0 bridgehead atoms. The van der Waals surface area contributed by atoms with Crippen molar-refractivity contribution in [1.82, 2.24) is 19.8 Å². The number of benzene rings is 1. The smallest absolute Gasteiger partial charge is 0.276 e. The number of nitrogens with zero attached hydrogens (tertiary/aromatic N) is 5. The number of dihydropyridines is 1. The first-order valence-electron chi connectivity index (χ1n) is 13.9. The van der Waals surface area contributed by atoms with Crippen molar-refractivity contribution in [3.63, 3.8) is 0 Å². The van der Waals surface area contributed by atoms with Crippen LogP contribution in [0.2, 0.25) is 5.02 Å². The summed E-state index contributed by atoms with van der Waals surface area (Å²) in [5.74, 6) is -8.21. The van der Waals surface area contributed by atoms with E-state index in [2.05, 4.69) is 16.9 Å². The number of nitrogens with two attached hydrogens (primary N) is 1. The second-order valence-electron chi connectivity index (χ2n) is 11.0. The summed E-state index contributed by atoms with van der Waals surface area (Å²) < 4.78 is 59.4. The van der Waals surface area contributed by atoms with Gasteiger partial charge in [0.2, 0.25) is 5.91 Å². The number of pyridine rings is 2. The fourth-order valence-electron chi connectivity index (χ4n) is 5.77. The highest BCUT2D eigenvalue weighted by Gasteiger charge is 2.33. The first-order chi connectivity index (χ1) is 21.3. The van der Waals surface area contributed by atoms with Crippen LogP contribution in [-0.2, 0) is 4.79 Å². The number of anilines is 2. The Hall–Kier alpha value is -4.83. The molecule has 0 aliphatic carbocycles. The van der Waals surface area contributed by atoms with E-state index in [1.165, 1.54) is 16.7 Å². The van der Waals surface area contributed by atoms with Crippen molar-refractivity contribution in [1.29, 1.82) is 5.26 Å². The highest BCUT2D eigenvalue weighted by Crippen LogP contribution is 2.41. The average Bonchev–Trinajstić information content (AvgIpc) is 3.02. The van der Waals surface area contributed by atoms with Crippen molar-refractivity contribution >= 4 is 45.6 Å². The standard InChI is InChI=1S/C31H28ClF4N7O2/c1-5-19(44)41-8-10-42(11-9-41)29-16-12-18(32)27(20-21(33)22(34)23(35)24(36)25(20)38)40-30(16)43(31(45)17(29)13-37)28-15(4)6-7-39-26(28)14(2)3/h5-7,12,14,26,39H,1,8-11,38H2,2-4H3/t26-/m1/s1. The molecule has 45 heavy (non-hydrogen) atoms. The van der Waals surface area contributed by atoms with Gasteiger partial charge in [0.05, 0.1) is 39.4 Å². The molecule has 3 N–H and O–H groups in total. The molecule has 1 atom stereocenters. The minimum absolute atomic E-state index is 0.0808. The number of nitriles is 1. The van der Waals surface area contributed by atoms with Gasteiger partial charge in [-0.2, -0.15) is 5.26 Å². The molecule has 2 aliphatic heterocycles. The molecule has 3 aromatic rings. The summed E-state index contributed by atoms with van der Waals surface area (Å²) in [7, 11) is 0. The van der Waals surface area contributed by atoms with Crippen LogP contribution in [0.5, 0.6) is 0 Å². The molecule has 9 nitrogen and oxygen atoms in total. The van der Waals surface area contributed by atoms with E-state index in [9.17, 15) is 28.0 Å². The monoisotopic (exact) mass is 641 g/mol. The van der Waals surface area contributed by atoms with Crippen LogP contribution in [0.3, 0.4) is 0 Å². The van der Waals surface area contributed by atoms with Crippen LogP contribution >= 0.6 is 11.6 Å². The molecule has 5 rings (SSSR count). The van der Waals surface area contributed by atoms with Crippen LogP contribution in [0.15, 0.2) is 41.4 Å². The second kappa shape index (κ2) is 11.9. The quantitative estimate of drug-likeness (QED) is 0.133. The average molecular weight is 642 g/mol. The summed E-state index contributed by atoms with van der Waals surface area (Å²) >= 11 is 6.59. The number of allylic oxidation sites excluding steroid dienone is 2. The number of nitrogen functional groups attached to an aromatic ring is 1. The third-order valence-electron chi connectivity index (χ3n) is 8.03. The van der Waals surface area contributed by atoms with Gasteiger partial charge in [-0.25, -0.2) is 22.5 Å². The molecule has 0 spiro atoms. The van der Waals surface area contributed by atoms with Crippen molar-refractivity contribution < 1.29 is 22.4 Å². The zero-order chi connectivity index (χ0) is 32.9. The van der Waals surface area contributed by atoms with Crippen molar-refractivity contribution in [2.24, 2.45) is 5.92 Å². The molecule has 0 radical (unpaired) electrons. The van der Waals surface area contributed by atoms with E-state index in [0.29, 0.717) is 11.3 Å². The van der Waals surface area contributed by atoms with E-state index >= 15 is 4.39 Å². The summed E-state index contributed by atoms with van der Waals surface area (Å²) in [6.45, 7) is 10.1. The predicted molar refractivity (Wildman–Crippen MR) is 164 cm³/mol. The number of nitrogens with one attached hydrogen (secondary N) is 1. The van der Waals surface area contributed by atoms with E-state index in [1.54, 1.807) is 29.0 Å². The topological polar surface area (TPSA) is 120 Å². The van der Waals surface area contributed by atoms with Crippen molar-refractivity contribution in [3.05, 3.63) is 80.8 Å². The second-order valence-corrected chi connectivity index (χ2v) is 11.4. The molecule has 2 aromatic heterocycles. The lowest BCUT2D eigenvalue weighted by molar-refractivity contribution is -0.126. The van der Waals surface area contributed by atoms with E-state index in [1.807, 2.05) is 19.9 Å². The van der Waals surface area contributed by atoms with Crippen molar-refractivity contribution in [3.8, 4) is 17.3 Å². The third kappa shape index (κ3) is 5.08. The number of carbonyl (C=O) groups is 1. The van der Waals surface area contributed by atoms with E-state index < -0.39 is 51.8 Å². The molecule has 234 valence electrons. The van der Waals surface area contributed by atoms with E-state index in [-0.39, 0.29) is 65.3 Å². The fraction of sp³-hybridized carbons (Fsp3) is 0.290. The van der Waals surface area contributed by atoms with Gasteiger partial charge >= 0.3 is 0 Å². The van der Waals surface area contributed by atoms with Crippen LogP contribution in [0.4, 0.5) is 28.9 Å². The number of aromatic nitrogens is 2. The number of halogens is 5. The van der Waals surface area contributed by atoms with Gasteiger partial charge in [0.1, 0.15) is 17.3 Å². The Balaban J connectivity index is 1.90. The lowest BCUT2D eigenvalue weighted by Gasteiger charge is -2.37. The molecular formula is C31H28ClF4N7O2. The number of fused-ring (bicyclic) bond motifs is 1. The normalized spacial score (nSPS) is 16.8. The highest BCUT2D eigenvalue weighted by molar-refractivity contribution is 6.34. The van der Waals surface area contributed by atoms with Gasteiger partial charge in [0.15, 0.2) is 23.3 Å². The van der Waals surface area contributed by atoms with Crippen LogP contribution in [0.25, 0.3) is 28.0 Å². The van der Waals surface area contributed by atoms with Crippen LogP contribution in [-0.4, -0.2) is 52.6 Å². The number of hydrogen-bond donors (Lipinski definition) is 2. The van der Waals surface area contributed by atoms with Gasteiger partial charge in [-0.15, -0.1) is 0 Å². The molecule has 0 unspecified atom stereocenters. The lowest BCUT2D eigenvalue weighted by Crippen LogP contribution is -2.49. The number of piperazine rings is 1. The van der Waals surface area contributed by atoms with Crippen LogP contribution in [0.1, 0.15) is 26.3 Å². The maximum absolute atomic E-state index is 15.2. The van der Waals surface area contributed by atoms with E-state index in [0.717, 1.165) is 0 Å². The Kier molecular flexibility index (Phi) is 8.37. The number of amides is 1. The highest BCUT2D eigenvalue weighted by atomic mass is 35.5. The van der Waals surface area contributed by atoms with E-state index in [4.69, 9.17) is 17.3 Å². The molecule has 1 amide bonds. The first kappa shape index (κ1) is 31.6. The summed E-state index contributed by atoms with van der Waals surface area (Å²) in [6.07, 6.45) is 4.63. The van der Waals surface area contributed by atoms with Gasteiger partial charge in [-0.1, -0.05) is 32.0 Å². The fourth-order valence-corrected chi connectivity index (χ4v) is 6.01. The molecule has 1 aromatic carbocycles. The van der Waals surface area contributed by atoms with Gasteiger partial charge in [-0.3, -0.25) is 14.2 Å². The Bertz CT molecular complexity index is 1910. The van der Waals surface area contributed by atoms with Gasteiger partial charge in [0.25, 0.3) is 5.56 Å². The van der Waals surface area contributed by atoms with Crippen molar-refractivity contribution in [2.45, 2.75) is 26.8 Å². The maximum atomic E-state index is 15.2. The Morgan fingerprint density at radius 1 is 1.18 bits per heavy atom. The summed E-state index contributed by atoms with van der Waals surface area (Å²) in [6, 6.07) is 2.87. The molecule has 0 saturated carbocycles. The minimum Gasteiger partial charge on any atom is -0.396 e. The molecule has 2 aliphatic rings. The van der Waals surface area contributed by atoms with Gasteiger partial charge in [-0.05, 0) is 42.8 Å². The largest absolute Gasteiger partial charge is 0.396 e. The lowest BCUT2D eigenvalue weighted by atomic mass is 9.94. The number of carbonyl (C=O) groups excluding carboxylic acids is 1. The summed E-state index contributed by atoms with van der Waals surface area (Å²) in [4.78, 5) is 34.3. The van der Waals surface area contributed by atoms with Crippen LogP contribution in [0, 0.1) is 40.5 Å². The van der Waals surface area contributed by atoms with Crippen molar-refractivity contribution in [2.75, 3.05) is 36.8 Å². The SMILES string of the molecule is C=CC(=O)N1CCN(c2c(C#N)c(=O)n(C3=C(C)C=CN[C@@H]3C(C)C)c3nc(-c4c(N)c(F)c(F)c(F)c4F)c(Cl)cc23)CC1. The summed E-state index contributed by atoms with van der Waals surface area (Å²) in [5.41, 5.74) is 3.33. The molecule has 1 saturated heterocycles. The number of hydrogen-bond acceptors (Lipinski definition) is 7. The zero-order valence-electron chi connectivity index (χ0n) is 24.5. The van der Waals surface area contributed by atoms with Gasteiger partial charge in [0, 0.05) is 31.6 Å². The minimum atomic E-state index is -2.11. The Morgan fingerprint density at radius 3 is 2.42 bits per heavy atom. The molecule has 4 heterocycles. The van der Waals surface area contributed by atoms with Crippen LogP contribution < -0.4 is 21.5 Å². The first-order valence-corrected chi connectivity index (χ1v) is 14.3. The third-order valence-corrected chi connectivity index (χ3v) is 8.31. The molecular weight excluding hydrogens is 614 g/mol. The van der Waals surface area contributed by atoms with Gasteiger partial charge < -0.3 is 20.9 Å². The summed E-state index contributed by atoms with van der Waals surface area (Å²) in [5, 5.41) is 13.4. The molecule has 14 heteroatoms. The zero-order valence-corrected chi connectivity index (χ0v) is 25.3. The number of rotatable bonds is 5. The predicted octanol–water partition coefficient (Wildman–Crippen LogP) is 4.93. The molecule has 1 fully saturated rings. The Labute approximate surface area is 260 Å². The maximum Gasteiger partial charge on any atom is 0.276 e.